The zero-order valence-electron chi connectivity index (χ0n) is 11.9. The van der Waals surface area contributed by atoms with Crippen molar-refractivity contribution in [3.63, 3.8) is 0 Å². The molecule has 0 aliphatic carbocycles. The standard InChI is InChI=1S/C13H22N4O3/c1-20-8-7-17(9-10-3-2-6-14-10)13(19)11-4-5-12(18)16-15-11/h10,14H,2-9H2,1H3,(H,16,18). The molecule has 1 atom stereocenters. The molecule has 2 amide bonds. The molecule has 2 N–H and O–H groups in total. The molecule has 1 saturated heterocycles. The predicted octanol–water partition coefficient (Wildman–Crippen LogP) is -0.521. The second-order valence-electron chi connectivity index (χ2n) is 5.13. The van der Waals surface area contributed by atoms with Crippen LogP contribution in [-0.2, 0) is 14.3 Å². The summed E-state index contributed by atoms with van der Waals surface area (Å²) >= 11 is 0. The Morgan fingerprint density at radius 2 is 2.35 bits per heavy atom. The van der Waals surface area contributed by atoms with Crippen molar-refractivity contribution in [2.45, 2.75) is 31.7 Å². The molecular formula is C13H22N4O3. The van der Waals surface area contributed by atoms with Crippen molar-refractivity contribution in [2.24, 2.45) is 5.10 Å². The van der Waals surface area contributed by atoms with Crippen LogP contribution >= 0.6 is 0 Å². The quantitative estimate of drug-likeness (QED) is 0.686. The van der Waals surface area contributed by atoms with Crippen LogP contribution in [0, 0.1) is 0 Å². The van der Waals surface area contributed by atoms with Crippen LogP contribution in [0.2, 0.25) is 0 Å². The Kier molecular flexibility index (Phi) is 5.49. The Hall–Kier alpha value is -1.47. The van der Waals surface area contributed by atoms with Crippen molar-refractivity contribution in [3.05, 3.63) is 0 Å². The van der Waals surface area contributed by atoms with Crippen molar-refractivity contribution >= 4 is 17.5 Å². The minimum atomic E-state index is -0.137. The summed E-state index contributed by atoms with van der Waals surface area (Å²) in [5.41, 5.74) is 2.80. The van der Waals surface area contributed by atoms with Gasteiger partial charge in [0.15, 0.2) is 0 Å². The summed E-state index contributed by atoms with van der Waals surface area (Å²) in [6, 6.07) is 0.342. The van der Waals surface area contributed by atoms with E-state index in [2.05, 4.69) is 15.8 Å². The lowest BCUT2D eigenvalue weighted by molar-refractivity contribution is -0.125. The summed E-state index contributed by atoms with van der Waals surface area (Å²) < 4.78 is 5.07. The van der Waals surface area contributed by atoms with E-state index in [1.54, 1.807) is 12.0 Å². The topological polar surface area (TPSA) is 83.0 Å². The van der Waals surface area contributed by atoms with E-state index in [9.17, 15) is 9.59 Å². The minimum Gasteiger partial charge on any atom is -0.383 e. The van der Waals surface area contributed by atoms with E-state index in [1.807, 2.05) is 0 Å². The number of amides is 2. The highest BCUT2D eigenvalue weighted by Gasteiger charge is 2.26. The third-order valence-corrected chi connectivity index (χ3v) is 3.61. The number of ether oxygens (including phenoxy) is 1. The van der Waals surface area contributed by atoms with Gasteiger partial charge < -0.3 is 15.0 Å². The summed E-state index contributed by atoms with van der Waals surface area (Å²) in [5.74, 6) is -0.238. The molecule has 0 bridgehead atoms. The first-order valence-electron chi connectivity index (χ1n) is 7.07. The van der Waals surface area contributed by atoms with Crippen LogP contribution in [0.25, 0.3) is 0 Å². The molecule has 0 aromatic heterocycles. The van der Waals surface area contributed by atoms with Gasteiger partial charge in [0.1, 0.15) is 5.71 Å². The third-order valence-electron chi connectivity index (χ3n) is 3.61. The maximum Gasteiger partial charge on any atom is 0.270 e. The minimum absolute atomic E-state index is 0.101. The first-order valence-corrected chi connectivity index (χ1v) is 7.07. The summed E-state index contributed by atoms with van der Waals surface area (Å²) in [6.07, 6.45) is 2.96. The molecule has 0 saturated carbocycles. The molecule has 2 heterocycles. The monoisotopic (exact) mass is 282 g/mol. The summed E-state index contributed by atoms with van der Waals surface area (Å²) in [4.78, 5) is 25.3. The van der Waals surface area contributed by atoms with Gasteiger partial charge >= 0.3 is 0 Å². The zero-order chi connectivity index (χ0) is 14.4. The largest absolute Gasteiger partial charge is 0.383 e. The first-order chi connectivity index (χ1) is 9.70. The lowest BCUT2D eigenvalue weighted by Crippen LogP contribution is -2.46. The lowest BCUT2D eigenvalue weighted by atomic mass is 10.1. The van der Waals surface area contributed by atoms with E-state index < -0.39 is 0 Å². The van der Waals surface area contributed by atoms with Crippen LogP contribution in [0.4, 0.5) is 0 Å². The molecule has 7 heteroatoms. The van der Waals surface area contributed by atoms with Gasteiger partial charge in [0.05, 0.1) is 6.61 Å². The molecular weight excluding hydrogens is 260 g/mol. The van der Waals surface area contributed by atoms with Gasteiger partial charge in [0.25, 0.3) is 5.91 Å². The van der Waals surface area contributed by atoms with Crippen molar-refractivity contribution in [1.29, 1.82) is 0 Å². The Balaban J connectivity index is 1.96. The molecule has 1 fully saturated rings. The maximum atomic E-state index is 12.5. The molecule has 0 aromatic carbocycles. The second kappa shape index (κ2) is 7.35. The van der Waals surface area contributed by atoms with Crippen molar-refractivity contribution in [3.8, 4) is 0 Å². The fraction of sp³-hybridized carbons (Fsp3) is 0.769. The molecule has 2 aliphatic rings. The highest BCUT2D eigenvalue weighted by molar-refractivity contribution is 6.39. The van der Waals surface area contributed by atoms with E-state index in [-0.39, 0.29) is 11.8 Å². The van der Waals surface area contributed by atoms with Crippen LogP contribution < -0.4 is 10.7 Å². The molecule has 112 valence electrons. The highest BCUT2D eigenvalue weighted by Crippen LogP contribution is 2.09. The fourth-order valence-electron chi connectivity index (χ4n) is 2.47. The smallest absolute Gasteiger partial charge is 0.270 e. The van der Waals surface area contributed by atoms with Crippen molar-refractivity contribution in [2.75, 3.05) is 33.4 Å². The van der Waals surface area contributed by atoms with Gasteiger partial charge in [-0.1, -0.05) is 0 Å². The lowest BCUT2D eigenvalue weighted by Gasteiger charge is -2.26. The number of hydrogen-bond donors (Lipinski definition) is 2. The van der Waals surface area contributed by atoms with Crippen molar-refractivity contribution < 1.29 is 14.3 Å². The van der Waals surface area contributed by atoms with Crippen LogP contribution in [0.1, 0.15) is 25.7 Å². The van der Waals surface area contributed by atoms with Crippen LogP contribution in [0.3, 0.4) is 0 Å². The van der Waals surface area contributed by atoms with Gasteiger partial charge in [-0.3, -0.25) is 9.59 Å². The fourth-order valence-corrected chi connectivity index (χ4v) is 2.47. The summed E-state index contributed by atoms with van der Waals surface area (Å²) in [7, 11) is 1.62. The highest BCUT2D eigenvalue weighted by atomic mass is 16.5. The molecule has 0 aromatic rings. The molecule has 7 nitrogen and oxygen atoms in total. The van der Waals surface area contributed by atoms with Crippen LogP contribution in [0.15, 0.2) is 5.10 Å². The number of hydrazone groups is 1. The van der Waals surface area contributed by atoms with Gasteiger partial charge in [0.2, 0.25) is 5.91 Å². The third kappa shape index (κ3) is 4.01. The van der Waals surface area contributed by atoms with E-state index >= 15 is 0 Å². The van der Waals surface area contributed by atoms with E-state index in [1.165, 1.54) is 0 Å². The average Bonchev–Trinajstić information content (AvgIpc) is 2.96. The maximum absolute atomic E-state index is 12.5. The Morgan fingerprint density at radius 3 is 2.95 bits per heavy atom. The van der Waals surface area contributed by atoms with Gasteiger partial charge in [-0.05, 0) is 19.4 Å². The average molecular weight is 282 g/mol. The van der Waals surface area contributed by atoms with Crippen molar-refractivity contribution in [1.82, 2.24) is 15.6 Å². The van der Waals surface area contributed by atoms with Crippen LogP contribution in [-0.4, -0.2) is 61.8 Å². The number of nitrogens with one attached hydrogen (secondary N) is 2. The molecule has 2 rings (SSSR count). The second-order valence-corrected chi connectivity index (χ2v) is 5.13. The van der Waals surface area contributed by atoms with Gasteiger partial charge in [-0.15, -0.1) is 0 Å². The van der Waals surface area contributed by atoms with Gasteiger partial charge in [0, 0.05) is 39.1 Å². The molecule has 20 heavy (non-hydrogen) atoms. The Labute approximate surface area is 118 Å². The number of carbonyl (C=O) groups is 2. The number of nitrogens with zero attached hydrogens (tertiary/aromatic N) is 2. The summed E-state index contributed by atoms with van der Waals surface area (Å²) in [6.45, 7) is 2.71. The first kappa shape index (κ1) is 14.9. The molecule has 2 aliphatic heterocycles. The van der Waals surface area contributed by atoms with E-state index in [4.69, 9.17) is 4.74 Å². The molecule has 0 spiro atoms. The Morgan fingerprint density at radius 1 is 1.50 bits per heavy atom. The zero-order valence-corrected chi connectivity index (χ0v) is 11.9. The molecule has 0 radical (unpaired) electrons. The normalized spacial score (nSPS) is 22.4. The van der Waals surface area contributed by atoms with Crippen LogP contribution in [0.5, 0.6) is 0 Å². The molecule has 1 unspecified atom stereocenters. The number of rotatable bonds is 6. The van der Waals surface area contributed by atoms with E-state index in [0.29, 0.717) is 44.3 Å². The Bertz CT molecular complexity index is 391. The predicted molar refractivity (Wildman–Crippen MR) is 74.3 cm³/mol. The number of methoxy groups -OCH3 is 1. The van der Waals surface area contributed by atoms with Gasteiger partial charge in [-0.2, -0.15) is 5.10 Å². The van der Waals surface area contributed by atoms with E-state index in [0.717, 1.165) is 19.4 Å². The summed E-state index contributed by atoms with van der Waals surface area (Å²) in [5, 5.41) is 7.26. The number of carbonyl (C=O) groups excluding carboxylic acids is 2. The SMILES string of the molecule is COCCN(CC1CCCN1)C(=O)C1=NNC(=O)CC1. The number of hydrogen-bond acceptors (Lipinski definition) is 5. The van der Waals surface area contributed by atoms with Gasteiger partial charge in [-0.25, -0.2) is 5.43 Å².